The van der Waals surface area contributed by atoms with E-state index in [0.717, 1.165) is 32.4 Å². The number of rotatable bonds is 8. The lowest BCUT2D eigenvalue weighted by molar-refractivity contribution is -0.858. The second-order valence-corrected chi connectivity index (χ2v) is 5.57. The Morgan fingerprint density at radius 1 is 1.42 bits per heavy atom. The molecule has 1 rings (SSSR count). The van der Waals surface area contributed by atoms with Gasteiger partial charge in [0.1, 0.15) is 0 Å². The van der Waals surface area contributed by atoms with Crippen LogP contribution in [-0.2, 0) is 14.3 Å². The summed E-state index contributed by atoms with van der Waals surface area (Å²) >= 11 is 0. The van der Waals surface area contributed by atoms with Gasteiger partial charge < -0.3 is 14.5 Å². The standard InChI is InChI=1S/C14H26N2O3/c1-4-5-8-16-11-12(10-13(16)17)14(18)19-9-6-7-15(2)3/h12H,4-11H2,1-3H3/p+1. The van der Waals surface area contributed by atoms with Gasteiger partial charge in [-0.3, -0.25) is 9.59 Å². The third-order valence-corrected chi connectivity index (χ3v) is 3.39. The molecular weight excluding hydrogens is 244 g/mol. The summed E-state index contributed by atoms with van der Waals surface area (Å²) in [6.45, 7) is 4.85. The van der Waals surface area contributed by atoms with Crippen molar-refractivity contribution < 1.29 is 19.2 Å². The van der Waals surface area contributed by atoms with Gasteiger partial charge in [-0.05, 0) is 6.42 Å². The molecule has 0 spiro atoms. The number of hydrogen-bond donors (Lipinski definition) is 1. The number of quaternary nitrogens is 1. The molecule has 1 saturated heterocycles. The van der Waals surface area contributed by atoms with E-state index in [2.05, 4.69) is 21.0 Å². The average Bonchev–Trinajstić information content (AvgIpc) is 2.73. The van der Waals surface area contributed by atoms with Gasteiger partial charge in [0.05, 0.1) is 33.2 Å². The monoisotopic (exact) mass is 271 g/mol. The second kappa shape index (κ2) is 8.15. The molecule has 1 aliphatic rings. The van der Waals surface area contributed by atoms with Gasteiger partial charge in [-0.15, -0.1) is 0 Å². The lowest BCUT2D eigenvalue weighted by Crippen LogP contribution is -3.05. The van der Waals surface area contributed by atoms with Crippen molar-refractivity contribution in [1.29, 1.82) is 0 Å². The summed E-state index contributed by atoms with van der Waals surface area (Å²) in [5.74, 6) is -0.370. The zero-order chi connectivity index (χ0) is 14.3. The van der Waals surface area contributed by atoms with Crippen LogP contribution < -0.4 is 4.90 Å². The van der Waals surface area contributed by atoms with Crippen LogP contribution in [0.25, 0.3) is 0 Å². The zero-order valence-corrected chi connectivity index (χ0v) is 12.4. The molecule has 19 heavy (non-hydrogen) atoms. The van der Waals surface area contributed by atoms with Crippen LogP contribution in [0.1, 0.15) is 32.6 Å². The fraction of sp³-hybridized carbons (Fsp3) is 0.857. The maximum atomic E-state index is 11.8. The summed E-state index contributed by atoms with van der Waals surface area (Å²) in [6, 6.07) is 0. The minimum absolute atomic E-state index is 0.0909. The number of likely N-dealkylation sites (tertiary alicyclic amines) is 1. The highest BCUT2D eigenvalue weighted by Crippen LogP contribution is 2.19. The number of amides is 1. The van der Waals surface area contributed by atoms with Crippen LogP contribution in [-0.4, -0.2) is 57.1 Å². The average molecular weight is 271 g/mol. The van der Waals surface area contributed by atoms with Crippen LogP contribution in [0.15, 0.2) is 0 Å². The van der Waals surface area contributed by atoms with Crippen molar-refractivity contribution in [2.75, 3.05) is 40.3 Å². The van der Waals surface area contributed by atoms with Crippen LogP contribution in [0.4, 0.5) is 0 Å². The third-order valence-electron chi connectivity index (χ3n) is 3.39. The molecule has 0 aromatic heterocycles. The molecule has 1 aliphatic heterocycles. The maximum absolute atomic E-state index is 11.8. The fourth-order valence-corrected chi connectivity index (χ4v) is 2.21. The van der Waals surface area contributed by atoms with E-state index >= 15 is 0 Å². The molecule has 1 heterocycles. The number of hydrogen-bond acceptors (Lipinski definition) is 3. The van der Waals surface area contributed by atoms with Crippen LogP contribution in [0.2, 0.25) is 0 Å². The number of carbonyl (C=O) groups is 2. The molecule has 5 nitrogen and oxygen atoms in total. The molecule has 1 amide bonds. The van der Waals surface area contributed by atoms with Crippen molar-refractivity contribution >= 4 is 11.9 Å². The summed E-state index contributed by atoms with van der Waals surface area (Å²) in [7, 11) is 4.14. The van der Waals surface area contributed by atoms with Crippen molar-refractivity contribution in [3.8, 4) is 0 Å². The smallest absolute Gasteiger partial charge is 0.311 e. The van der Waals surface area contributed by atoms with Gasteiger partial charge in [-0.1, -0.05) is 13.3 Å². The van der Waals surface area contributed by atoms with Crippen LogP contribution in [0.3, 0.4) is 0 Å². The van der Waals surface area contributed by atoms with E-state index in [1.165, 1.54) is 4.90 Å². The Labute approximate surface area is 115 Å². The highest BCUT2D eigenvalue weighted by atomic mass is 16.5. The van der Waals surface area contributed by atoms with Crippen LogP contribution >= 0.6 is 0 Å². The molecule has 1 unspecified atom stereocenters. The van der Waals surface area contributed by atoms with E-state index in [1.54, 1.807) is 4.90 Å². The second-order valence-electron chi connectivity index (χ2n) is 5.57. The highest BCUT2D eigenvalue weighted by Gasteiger charge is 2.34. The molecule has 0 aromatic rings. The topological polar surface area (TPSA) is 51.1 Å². The Hall–Kier alpha value is -1.10. The van der Waals surface area contributed by atoms with E-state index < -0.39 is 0 Å². The fourth-order valence-electron chi connectivity index (χ4n) is 2.21. The number of ether oxygens (including phenoxy) is 1. The first kappa shape index (κ1) is 16.0. The Balaban J connectivity index is 2.25. The summed E-state index contributed by atoms with van der Waals surface area (Å²) in [6.07, 6.45) is 3.25. The summed E-state index contributed by atoms with van der Waals surface area (Å²) < 4.78 is 5.25. The van der Waals surface area contributed by atoms with E-state index in [-0.39, 0.29) is 17.8 Å². The maximum Gasteiger partial charge on any atom is 0.311 e. The number of unbranched alkanes of at least 4 members (excludes halogenated alkanes) is 1. The van der Waals surface area contributed by atoms with Crippen LogP contribution in [0, 0.1) is 5.92 Å². The van der Waals surface area contributed by atoms with E-state index in [9.17, 15) is 9.59 Å². The highest BCUT2D eigenvalue weighted by molar-refractivity contribution is 5.86. The molecular formula is C14H27N2O3+. The van der Waals surface area contributed by atoms with Gasteiger partial charge in [0, 0.05) is 25.9 Å². The predicted molar refractivity (Wildman–Crippen MR) is 72.8 cm³/mol. The first-order valence-electron chi connectivity index (χ1n) is 7.28. The number of esters is 1. The summed E-state index contributed by atoms with van der Waals surface area (Å²) in [5, 5.41) is 0. The molecule has 1 atom stereocenters. The van der Waals surface area contributed by atoms with Gasteiger partial charge in [-0.2, -0.15) is 0 Å². The summed E-state index contributed by atoms with van der Waals surface area (Å²) in [4.78, 5) is 26.7. The number of carbonyl (C=O) groups excluding carboxylic acids is 2. The molecule has 110 valence electrons. The minimum atomic E-state index is -0.254. The molecule has 5 heteroatoms. The quantitative estimate of drug-likeness (QED) is 0.488. The molecule has 0 radical (unpaired) electrons. The van der Waals surface area contributed by atoms with Gasteiger partial charge in [0.2, 0.25) is 5.91 Å². The van der Waals surface area contributed by atoms with Crippen molar-refractivity contribution in [2.45, 2.75) is 32.6 Å². The SMILES string of the molecule is CCCCN1CC(C(=O)OCCC[NH+](C)C)CC1=O. The van der Waals surface area contributed by atoms with Gasteiger partial charge in [0.25, 0.3) is 0 Å². The molecule has 0 aliphatic carbocycles. The van der Waals surface area contributed by atoms with Gasteiger partial charge in [-0.25, -0.2) is 0 Å². The van der Waals surface area contributed by atoms with Gasteiger partial charge in [0.15, 0.2) is 0 Å². The Bertz CT molecular complexity index is 305. The molecule has 0 saturated carbocycles. The molecule has 1 N–H and O–H groups in total. The first-order valence-corrected chi connectivity index (χ1v) is 7.28. The lowest BCUT2D eigenvalue weighted by atomic mass is 10.1. The van der Waals surface area contributed by atoms with E-state index in [1.807, 2.05) is 0 Å². The lowest BCUT2D eigenvalue weighted by Gasteiger charge is -2.15. The molecule has 0 bridgehead atoms. The molecule has 0 aromatic carbocycles. The largest absolute Gasteiger partial charge is 0.465 e. The van der Waals surface area contributed by atoms with Crippen LogP contribution in [0.5, 0.6) is 0 Å². The molecule has 1 fully saturated rings. The van der Waals surface area contributed by atoms with E-state index in [0.29, 0.717) is 19.6 Å². The Morgan fingerprint density at radius 2 is 2.16 bits per heavy atom. The zero-order valence-electron chi connectivity index (χ0n) is 12.4. The van der Waals surface area contributed by atoms with Crippen molar-refractivity contribution in [2.24, 2.45) is 5.92 Å². The number of nitrogens with zero attached hydrogens (tertiary/aromatic N) is 1. The van der Waals surface area contributed by atoms with Crippen molar-refractivity contribution in [3.05, 3.63) is 0 Å². The summed E-state index contributed by atoms with van der Waals surface area (Å²) in [5.41, 5.74) is 0. The first-order chi connectivity index (χ1) is 9.04. The van der Waals surface area contributed by atoms with E-state index in [4.69, 9.17) is 4.74 Å². The Kier molecular flexibility index (Phi) is 6.84. The number of nitrogens with one attached hydrogen (secondary N) is 1. The van der Waals surface area contributed by atoms with Gasteiger partial charge >= 0.3 is 5.97 Å². The third kappa shape index (κ3) is 5.59. The predicted octanol–water partition coefficient (Wildman–Crippen LogP) is -0.287. The van der Waals surface area contributed by atoms with Crippen molar-refractivity contribution in [3.63, 3.8) is 0 Å². The normalized spacial score (nSPS) is 19.3. The minimum Gasteiger partial charge on any atom is -0.465 e. The van der Waals surface area contributed by atoms with Crippen molar-refractivity contribution in [1.82, 2.24) is 4.90 Å². The Morgan fingerprint density at radius 3 is 2.79 bits per heavy atom.